The minimum atomic E-state index is 0.118. The van der Waals surface area contributed by atoms with Crippen LogP contribution in [0.5, 0.6) is 0 Å². The first-order valence-electron chi connectivity index (χ1n) is 6.04. The number of halogens is 1. The molecule has 0 spiro atoms. The lowest BCUT2D eigenvalue weighted by molar-refractivity contribution is 0.536. The first-order chi connectivity index (χ1) is 8.81. The van der Waals surface area contributed by atoms with Crippen molar-refractivity contribution in [2.45, 2.75) is 19.4 Å². The lowest BCUT2D eigenvalue weighted by Crippen LogP contribution is -2.24. The van der Waals surface area contributed by atoms with Gasteiger partial charge in [0.2, 0.25) is 0 Å². The Kier molecular flexibility index (Phi) is 4.67. The van der Waals surface area contributed by atoms with Crippen LogP contribution in [0.3, 0.4) is 0 Å². The zero-order chi connectivity index (χ0) is 12.8. The predicted octanol–water partition coefficient (Wildman–Crippen LogP) is 3.02. The highest BCUT2D eigenvalue weighted by Crippen LogP contribution is 2.23. The van der Waals surface area contributed by atoms with Gasteiger partial charge in [-0.1, -0.05) is 24.6 Å². The van der Waals surface area contributed by atoms with E-state index < -0.39 is 0 Å². The van der Waals surface area contributed by atoms with Gasteiger partial charge in [0, 0.05) is 18.6 Å². The third kappa shape index (κ3) is 3.28. The van der Waals surface area contributed by atoms with Crippen molar-refractivity contribution >= 4 is 11.6 Å². The molecule has 0 amide bonds. The molecule has 0 aliphatic heterocycles. The van der Waals surface area contributed by atoms with Gasteiger partial charge in [0.15, 0.2) is 0 Å². The first kappa shape index (κ1) is 13.0. The van der Waals surface area contributed by atoms with Crippen molar-refractivity contribution in [3.8, 4) is 0 Å². The number of nitrogens with zero attached hydrogens (tertiary/aromatic N) is 2. The Balaban J connectivity index is 2.21. The minimum absolute atomic E-state index is 0.118. The van der Waals surface area contributed by atoms with Gasteiger partial charge >= 0.3 is 0 Å². The molecule has 4 heteroatoms. The van der Waals surface area contributed by atoms with E-state index in [1.807, 2.05) is 24.4 Å². The molecule has 2 aromatic rings. The van der Waals surface area contributed by atoms with Gasteiger partial charge < -0.3 is 5.32 Å². The van der Waals surface area contributed by atoms with Crippen LogP contribution in [0.15, 0.2) is 42.9 Å². The SMILES string of the molecule is CCNC(Cc1cccnc1)c1ncccc1Cl. The van der Waals surface area contributed by atoms with Crippen LogP contribution in [-0.2, 0) is 6.42 Å². The van der Waals surface area contributed by atoms with Crippen molar-refractivity contribution in [2.24, 2.45) is 0 Å². The van der Waals surface area contributed by atoms with E-state index in [4.69, 9.17) is 11.6 Å². The molecule has 0 radical (unpaired) electrons. The summed E-state index contributed by atoms with van der Waals surface area (Å²) in [6.45, 7) is 2.95. The molecule has 3 nitrogen and oxygen atoms in total. The van der Waals surface area contributed by atoms with Crippen molar-refractivity contribution in [1.29, 1.82) is 0 Å². The standard InChI is InChI=1S/C14H16ClN3/c1-2-17-13(9-11-5-3-7-16-10-11)14-12(15)6-4-8-18-14/h3-8,10,13,17H,2,9H2,1H3. The van der Waals surface area contributed by atoms with Gasteiger partial charge in [0.25, 0.3) is 0 Å². The molecule has 1 unspecified atom stereocenters. The molecule has 94 valence electrons. The fraction of sp³-hybridized carbons (Fsp3) is 0.286. The number of pyridine rings is 2. The Labute approximate surface area is 112 Å². The van der Waals surface area contributed by atoms with E-state index in [0.29, 0.717) is 5.02 Å². The maximum absolute atomic E-state index is 6.20. The average Bonchev–Trinajstić information content (AvgIpc) is 2.40. The van der Waals surface area contributed by atoms with Crippen LogP contribution in [0.1, 0.15) is 24.2 Å². The van der Waals surface area contributed by atoms with Gasteiger partial charge in [0.05, 0.1) is 16.8 Å². The lowest BCUT2D eigenvalue weighted by Gasteiger charge is -2.18. The first-order valence-corrected chi connectivity index (χ1v) is 6.41. The molecule has 0 bridgehead atoms. The highest BCUT2D eigenvalue weighted by molar-refractivity contribution is 6.31. The maximum Gasteiger partial charge on any atom is 0.0762 e. The zero-order valence-electron chi connectivity index (χ0n) is 10.3. The molecule has 1 N–H and O–H groups in total. The Bertz CT molecular complexity index is 487. The fourth-order valence-electron chi connectivity index (χ4n) is 1.92. The predicted molar refractivity (Wildman–Crippen MR) is 73.6 cm³/mol. The Morgan fingerprint density at radius 2 is 2.11 bits per heavy atom. The Morgan fingerprint density at radius 1 is 1.28 bits per heavy atom. The summed E-state index contributed by atoms with van der Waals surface area (Å²) in [5.74, 6) is 0. The molecule has 0 saturated heterocycles. The van der Waals surface area contributed by atoms with Crippen LogP contribution in [0.2, 0.25) is 5.02 Å². The van der Waals surface area contributed by atoms with Gasteiger partial charge in [-0.15, -0.1) is 0 Å². The van der Waals surface area contributed by atoms with E-state index in [2.05, 4.69) is 28.3 Å². The zero-order valence-corrected chi connectivity index (χ0v) is 11.1. The van der Waals surface area contributed by atoms with Crippen molar-refractivity contribution < 1.29 is 0 Å². The number of aromatic nitrogens is 2. The van der Waals surface area contributed by atoms with E-state index in [9.17, 15) is 0 Å². The molecule has 0 aromatic carbocycles. The van der Waals surface area contributed by atoms with E-state index in [0.717, 1.165) is 18.7 Å². The van der Waals surface area contributed by atoms with E-state index >= 15 is 0 Å². The largest absolute Gasteiger partial charge is 0.309 e. The number of hydrogen-bond acceptors (Lipinski definition) is 3. The Hall–Kier alpha value is -1.45. The van der Waals surface area contributed by atoms with Crippen LogP contribution in [0.25, 0.3) is 0 Å². The van der Waals surface area contributed by atoms with Crippen LogP contribution in [-0.4, -0.2) is 16.5 Å². The summed E-state index contributed by atoms with van der Waals surface area (Å²) in [5.41, 5.74) is 2.06. The molecule has 0 saturated carbocycles. The second kappa shape index (κ2) is 6.47. The molecule has 1 atom stereocenters. The van der Waals surface area contributed by atoms with Gasteiger partial charge in [0.1, 0.15) is 0 Å². The highest BCUT2D eigenvalue weighted by atomic mass is 35.5. The molecule has 2 aromatic heterocycles. The van der Waals surface area contributed by atoms with E-state index in [-0.39, 0.29) is 6.04 Å². The van der Waals surface area contributed by atoms with E-state index in [1.165, 1.54) is 5.56 Å². The highest BCUT2D eigenvalue weighted by Gasteiger charge is 2.15. The third-order valence-electron chi connectivity index (χ3n) is 2.73. The summed E-state index contributed by atoms with van der Waals surface area (Å²) in [7, 11) is 0. The molecular formula is C14H16ClN3. The Morgan fingerprint density at radius 3 is 2.78 bits per heavy atom. The monoisotopic (exact) mass is 261 g/mol. The normalized spacial score (nSPS) is 12.3. The van der Waals surface area contributed by atoms with Gasteiger partial charge in [-0.05, 0) is 36.7 Å². The smallest absolute Gasteiger partial charge is 0.0762 e. The van der Waals surface area contributed by atoms with Crippen LogP contribution in [0, 0.1) is 0 Å². The molecule has 2 heterocycles. The van der Waals surface area contributed by atoms with Crippen LogP contribution >= 0.6 is 11.6 Å². The minimum Gasteiger partial charge on any atom is -0.309 e. The number of rotatable bonds is 5. The summed E-state index contributed by atoms with van der Waals surface area (Å²) in [6, 6.07) is 7.84. The van der Waals surface area contributed by atoms with Gasteiger partial charge in [-0.3, -0.25) is 9.97 Å². The van der Waals surface area contributed by atoms with Crippen molar-refractivity contribution in [3.05, 3.63) is 59.1 Å². The maximum atomic E-state index is 6.20. The van der Waals surface area contributed by atoms with Crippen LogP contribution in [0.4, 0.5) is 0 Å². The lowest BCUT2D eigenvalue weighted by atomic mass is 10.0. The number of nitrogens with one attached hydrogen (secondary N) is 1. The van der Waals surface area contributed by atoms with Crippen molar-refractivity contribution in [1.82, 2.24) is 15.3 Å². The van der Waals surface area contributed by atoms with E-state index in [1.54, 1.807) is 12.4 Å². The van der Waals surface area contributed by atoms with Gasteiger partial charge in [-0.25, -0.2) is 0 Å². The fourth-order valence-corrected chi connectivity index (χ4v) is 2.17. The summed E-state index contributed by atoms with van der Waals surface area (Å²) in [5, 5.41) is 4.11. The summed E-state index contributed by atoms with van der Waals surface area (Å²) in [6.07, 6.45) is 6.26. The number of hydrogen-bond donors (Lipinski definition) is 1. The van der Waals surface area contributed by atoms with Crippen molar-refractivity contribution in [3.63, 3.8) is 0 Å². The van der Waals surface area contributed by atoms with Crippen molar-refractivity contribution in [2.75, 3.05) is 6.54 Å². The summed E-state index contributed by atoms with van der Waals surface area (Å²) >= 11 is 6.20. The van der Waals surface area contributed by atoms with Crippen LogP contribution < -0.4 is 5.32 Å². The topological polar surface area (TPSA) is 37.8 Å². The second-order valence-corrected chi connectivity index (χ2v) is 4.45. The molecule has 0 fully saturated rings. The number of likely N-dealkylation sites (N-methyl/N-ethyl adjacent to an activating group) is 1. The summed E-state index contributed by atoms with van der Waals surface area (Å²) < 4.78 is 0. The molecular weight excluding hydrogens is 246 g/mol. The van der Waals surface area contributed by atoms with Gasteiger partial charge in [-0.2, -0.15) is 0 Å². The quantitative estimate of drug-likeness (QED) is 0.899. The second-order valence-electron chi connectivity index (χ2n) is 4.05. The summed E-state index contributed by atoms with van der Waals surface area (Å²) in [4.78, 5) is 8.51. The average molecular weight is 262 g/mol. The molecule has 0 aliphatic carbocycles. The third-order valence-corrected chi connectivity index (χ3v) is 3.05. The molecule has 2 rings (SSSR count). The molecule has 0 aliphatic rings. The molecule has 18 heavy (non-hydrogen) atoms.